The van der Waals surface area contributed by atoms with Crippen LogP contribution in [-0.2, 0) is 7.05 Å². The fourth-order valence-electron chi connectivity index (χ4n) is 0.937. The molecule has 0 saturated heterocycles. The van der Waals surface area contributed by atoms with Crippen LogP contribution in [0.5, 0.6) is 0 Å². The Labute approximate surface area is 66.0 Å². The van der Waals surface area contributed by atoms with Gasteiger partial charge in [-0.05, 0) is 6.42 Å². The van der Waals surface area contributed by atoms with Crippen LogP contribution in [0.15, 0.2) is 12.4 Å². The Morgan fingerprint density at radius 3 is 2.91 bits per heavy atom. The summed E-state index contributed by atoms with van der Waals surface area (Å²) >= 11 is 0. The van der Waals surface area contributed by atoms with Crippen molar-refractivity contribution in [2.75, 3.05) is 0 Å². The standard InChI is InChI=1S/C8H12N2O/c1-3-4-8(11)7-5-9-10(2)6-7/h5-6H,3-4H2,1-2H3. The van der Waals surface area contributed by atoms with E-state index in [1.807, 2.05) is 14.0 Å². The van der Waals surface area contributed by atoms with Crippen LogP contribution in [0.2, 0.25) is 0 Å². The number of rotatable bonds is 3. The van der Waals surface area contributed by atoms with Crippen LogP contribution >= 0.6 is 0 Å². The number of aryl methyl sites for hydroxylation is 1. The van der Waals surface area contributed by atoms with E-state index in [9.17, 15) is 4.79 Å². The highest BCUT2D eigenvalue weighted by molar-refractivity contribution is 5.95. The molecule has 1 aromatic rings. The molecular formula is C8H12N2O. The van der Waals surface area contributed by atoms with Crippen LogP contribution in [0.3, 0.4) is 0 Å². The quantitative estimate of drug-likeness (QED) is 0.614. The smallest absolute Gasteiger partial charge is 0.166 e. The summed E-state index contributed by atoms with van der Waals surface area (Å²) in [5.74, 6) is 0.181. The molecular weight excluding hydrogens is 140 g/mol. The van der Waals surface area contributed by atoms with Crippen molar-refractivity contribution < 1.29 is 4.79 Å². The van der Waals surface area contributed by atoms with Crippen molar-refractivity contribution in [3.8, 4) is 0 Å². The van der Waals surface area contributed by atoms with E-state index in [-0.39, 0.29) is 5.78 Å². The van der Waals surface area contributed by atoms with Gasteiger partial charge in [0.25, 0.3) is 0 Å². The Morgan fingerprint density at radius 2 is 2.45 bits per heavy atom. The molecule has 1 aromatic heterocycles. The first-order valence-corrected chi connectivity index (χ1v) is 3.76. The van der Waals surface area contributed by atoms with Crippen LogP contribution in [0.4, 0.5) is 0 Å². The van der Waals surface area contributed by atoms with Gasteiger partial charge in [-0.1, -0.05) is 6.92 Å². The Kier molecular flexibility index (Phi) is 2.41. The van der Waals surface area contributed by atoms with Gasteiger partial charge in [-0.2, -0.15) is 5.10 Å². The molecule has 0 aromatic carbocycles. The first-order chi connectivity index (χ1) is 5.24. The largest absolute Gasteiger partial charge is 0.294 e. The predicted molar refractivity (Wildman–Crippen MR) is 42.4 cm³/mol. The van der Waals surface area contributed by atoms with E-state index in [1.54, 1.807) is 17.1 Å². The molecule has 0 unspecified atom stereocenters. The summed E-state index contributed by atoms with van der Waals surface area (Å²) in [6, 6.07) is 0. The summed E-state index contributed by atoms with van der Waals surface area (Å²) in [7, 11) is 1.81. The van der Waals surface area contributed by atoms with Crippen molar-refractivity contribution in [3.05, 3.63) is 18.0 Å². The van der Waals surface area contributed by atoms with E-state index in [2.05, 4.69) is 5.10 Å². The van der Waals surface area contributed by atoms with E-state index < -0.39 is 0 Å². The van der Waals surface area contributed by atoms with Gasteiger partial charge in [0, 0.05) is 19.7 Å². The van der Waals surface area contributed by atoms with Gasteiger partial charge in [-0.3, -0.25) is 9.48 Å². The average molecular weight is 152 g/mol. The lowest BCUT2D eigenvalue weighted by Crippen LogP contribution is -1.95. The van der Waals surface area contributed by atoms with Crippen LogP contribution in [0.1, 0.15) is 30.1 Å². The first kappa shape index (κ1) is 7.98. The van der Waals surface area contributed by atoms with Crippen molar-refractivity contribution in [2.45, 2.75) is 19.8 Å². The van der Waals surface area contributed by atoms with Crippen molar-refractivity contribution >= 4 is 5.78 Å². The van der Waals surface area contributed by atoms with E-state index >= 15 is 0 Å². The maximum atomic E-state index is 11.2. The number of carbonyl (C=O) groups excluding carboxylic acids is 1. The third-order valence-corrected chi connectivity index (χ3v) is 1.50. The zero-order valence-corrected chi connectivity index (χ0v) is 6.87. The van der Waals surface area contributed by atoms with Gasteiger partial charge in [-0.15, -0.1) is 0 Å². The Morgan fingerprint density at radius 1 is 1.73 bits per heavy atom. The molecule has 0 amide bonds. The number of nitrogens with zero attached hydrogens (tertiary/aromatic N) is 2. The van der Waals surface area contributed by atoms with Crippen molar-refractivity contribution in [3.63, 3.8) is 0 Å². The molecule has 1 rings (SSSR count). The highest BCUT2D eigenvalue weighted by atomic mass is 16.1. The molecule has 11 heavy (non-hydrogen) atoms. The molecule has 0 atom stereocenters. The molecule has 3 heteroatoms. The number of ketones is 1. The normalized spacial score (nSPS) is 10.0. The number of aromatic nitrogens is 2. The van der Waals surface area contributed by atoms with Crippen molar-refractivity contribution in [1.29, 1.82) is 0 Å². The minimum Gasteiger partial charge on any atom is -0.294 e. The molecule has 0 spiro atoms. The fourth-order valence-corrected chi connectivity index (χ4v) is 0.937. The number of hydrogen-bond donors (Lipinski definition) is 0. The molecule has 0 aliphatic rings. The molecule has 0 radical (unpaired) electrons. The van der Waals surface area contributed by atoms with Crippen LogP contribution in [-0.4, -0.2) is 15.6 Å². The van der Waals surface area contributed by atoms with Crippen molar-refractivity contribution in [2.24, 2.45) is 7.05 Å². The molecule has 0 aliphatic carbocycles. The maximum absolute atomic E-state index is 11.2. The molecule has 0 N–H and O–H groups in total. The number of Topliss-reactive ketones (excluding diaryl/α,β-unsaturated/α-hetero) is 1. The summed E-state index contributed by atoms with van der Waals surface area (Å²) in [5.41, 5.74) is 0.717. The molecule has 3 nitrogen and oxygen atoms in total. The van der Waals surface area contributed by atoms with Gasteiger partial charge >= 0.3 is 0 Å². The molecule has 0 aliphatic heterocycles. The minimum absolute atomic E-state index is 0.181. The molecule has 0 saturated carbocycles. The maximum Gasteiger partial charge on any atom is 0.166 e. The van der Waals surface area contributed by atoms with Crippen molar-refractivity contribution in [1.82, 2.24) is 9.78 Å². The van der Waals surface area contributed by atoms with E-state index in [0.717, 1.165) is 6.42 Å². The van der Waals surface area contributed by atoms with Gasteiger partial charge in [0.1, 0.15) is 0 Å². The van der Waals surface area contributed by atoms with Gasteiger partial charge < -0.3 is 0 Å². The highest BCUT2D eigenvalue weighted by Gasteiger charge is 2.05. The number of hydrogen-bond acceptors (Lipinski definition) is 2. The Hall–Kier alpha value is -1.12. The summed E-state index contributed by atoms with van der Waals surface area (Å²) in [6.45, 7) is 1.99. The lowest BCUT2D eigenvalue weighted by Gasteiger charge is -1.90. The lowest BCUT2D eigenvalue weighted by atomic mass is 10.1. The fraction of sp³-hybridized carbons (Fsp3) is 0.500. The Bertz CT molecular complexity index is 252. The second-order valence-electron chi connectivity index (χ2n) is 2.58. The van der Waals surface area contributed by atoms with E-state index in [0.29, 0.717) is 12.0 Å². The monoisotopic (exact) mass is 152 g/mol. The van der Waals surface area contributed by atoms with Crippen LogP contribution in [0, 0.1) is 0 Å². The average Bonchev–Trinajstić information content (AvgIpc) is 2.36. The molecule has 60 valence electrons. The van der Waals surface area contributed by atoms with E-state index in [4.69, 9.17) is 0 Å². The Balaban J connectivity index is 2.69. The summed E-state index contributed by atoms with van der Waals surface area (Å²) in [4.78, 5) is 11.2. The second-order valence-corrected chi connectivity index (χ2v) is 2.58. The third-order valence-electron chi connectivity index (χ3n) is 1.50. The van der Waals surface area contributed by atoms with Gasteiger partial charge in [0.2, 0.25) is 0 Å². The minimum atomic E-state index is 0.181. The highest BCUT2D eigenvalue weighted by Crippen LogP contribution is 2.02. The zero-order valence-electron chi connectivity index (χ0n) is 6.87. The predicted octanol–water partition coefficient (Wildman–Crippen LogP) is 1.40. The molecule has 1 heterocycles. The summed E-state index contributed by atoms with van der Waals surface area (Å²) in [6.07, 6.45) is 4.87. The lowest BCUT2D eigenvalue weighted by molar-refractivity contribution is 0.0981. The third kappa shape index (κ3) is 1.90. The molecule has 0 bridgehead atoms. The topological polar surface area (TPSA) is 34.9 Å². The van der Waals surface area contributed by atoms with E-state index in [1.165, 1.54) is 0 Å². The SMILES string of the molecule is CCCC(=O)c1cnn(C)c1. The van der Waals surface area contributed by atoms with Crippen LogP contribution < -0.4 is 0 Å². The summed E-state index contributed by atoms with van der Waals surface area (Å²) in [5, 5.41) is 3.92. The second kappa shape index (κ2) is 3.32. The number of carbonyl (C=O) groups is 1. The van der Waals surface area contributed by atoms with Crippen LogP contribution in [0.25, 0.3) is 0 Å². The zero-order chi connectivity index (χ0) is 8.27. The van der Waals surface area contributed by atoms with Gasteiger partial charge in [-0.25, -0.2) is 0 Å². The first-order valence-electron chi connectivity index (χ1n) is 3.76. The summed E-state index contributed by atoms with van der Waals surface area (Å²) < 4.78 is 1.64. The van der Waals surface area contributed by atoms with Gasteiger partial charge in [0.15, 0.2) is 5.78 Å². The molecule has 0 fully saturated rings. The van der Waals surface area contributed by atoms with Gasteiger partial charge in [0.05, 0.1) is 11.8 Å².